The Bertz CT molecular complexity index is 1120. The third-order valence-corrected chi connectivity index (χ3v) is 5.09. The van der Waals surface area contributed by atoms with Gasteiger partial charge in [-0.3, -0.25) is 0 Å². The molecule has 3 aromatic heterocycles. The molecule has 0 aliphatic carbocycles. The third kappa shape index (κ3) is 2.91. The predicted molar refractivity (Wildman–Crippen MR) is 107 cm³/mol. The number of hydrogen-bond donors (Lipinski definition) is 1. The van der Waals surface area contributed by atoms with Gasteiger partial charge in [0, 0.05) is 41.9 Å². The van der Waals surface area contributed by atoms with Crippen LogP contribution in [-0.4, -0.2) is 56.0 Å². The molecule has 1 saturated heterocycles. The third-order valence-electron chi connectivity index (χ3n) is 5.09. The monoisotopic (exact) mass is 375 g/mol. The van der Waals surface area contributed by atoms with Crippen LogP contribution in [0.5, 0.6) is 0 Å². The van der Waals surface area contributed by atoms with Gasteiger partial charge in [0.15, 0.2) is 5.82 Å². The minimum atomic E-state index is 0.523. The fraction of sp³-hybridized carbons (Fsp3) is 0.300. The first-order valence-corrected chi connectivity index (χ1v) is 9.37. The van der Waals surface area contributed by atoms with Crippen molar-refractivity contribution in [1.82, 2.24) is 29.7 Å². The summed E-state index contributed by atoms with van der Waals surface area (Å²) in [7, 11) is 0. The van der Waals surface area contributed by atoms with Gasteiger partial charge in [0.05, 0.1) is 18.9 Å². The maximum atomic E-state index is 5.48. The van der Waals surface area contributed by atoms with E-state index >= 15 is 0 Å². The smallest absolute Gasteiger partial charge is 0.255 e. The average Bonchev–Trinajstić information content (AvgIpc) is 3.35. The van der Waals surface area contributed by atoms with Crippen molar-refractivity contribution in [2.45, 2.75) is 13.8 Å². The number of anilines is 1. The highest BCUT2D eigenvalue weighted by atomic mass is 16.5. The summed E-state index contributed by atoms with van der Waals surface area (Å²) in [6.07, 6.45) is 3.88. The highest BCUT2D eigenvalue weighted by Gasteiger charge is 2.19. The van der Waals surface area contributed by atoms with Crippen LogP contribution in [0, 0.1) is 13.8 Å². The average molecular weight is 375 g/mol. The SMILES string of the molecule is Cc1cn(-c2nc(-c3cccc4[nH]ccc34)nc(N3CCOCC3)n2)nc1C. The van der Waals surface area contributed by atoms with E-state index in [1.54, 1.807) is 4.68 Å². The first kappa shape index (κ1) is 16.9. The number of fused-ring (bicyclic) bond motifs is 1. The molecule has 0 saturated carbocycles. The number of H-pyrrole nitrogens is 1. The van der Waals surface area contributed by atoms with Crippen molar-refractivity contribution in [1.29, 1.82) is 0 Å². The lowest BCUT2D eigenvalue weighted by molar-refractivity contribution is 0.122. The van der Waals surface area contributed by atoms with Crippen LogP contribution in [0.1, 0.15) is 11.3 Å². The second-order valence-corrected chi connectivity index (χ2v) is 6.95. The first-order chi connectivity index (χ1) is 13.7. The van der Waals surface area contributed by atoms with Crippen molar-refractivity contribution in [3.05, 3.63) is 47.9 Å². The molecule has 1 fully saturated rings. The molecule has 1 aliphatic heterocycles. The topological polar surface area (TPSA) is 84.8 Å². The van der Waals surface area contributed by atoms with Crippen molar-refractivity contribution in [2.75, 3.05) is 31.2 Å². The standard InChI is InChI=1S/C20H21N7O/c1-13-12-27(25-14(13)2)20-23-18(16-4-3-5-17-15(16)6-7-21-17)22-19(24-20)26-8-10-28-11-9-26/h3-7,12,21H,8-11H2,1-2H3. The van der Waals surface area contributed by atoms with Crippen molar-refractivity contribution < 1.29 is 4.74 Å². The fourth-order valence-corrected chi connectivity index (χ4v) is 3.41. The van der Waals surface area contributed by atoms with Crippen LogP contribution in [0.15, 0.2) is 36.7 Å². The molecule has 4 aromatic rings. The Morgan fingerprint density at radius 1 is 1.00 bits per heavy atom. The van der Waals surface area contributed by atoms with E-state index in [0.29, 0.717) is 30.9 Å². The summed E-state index contributed by atoms with van der Waals surface area (Å²) in [5.74, 6) is 1.82. The molecule has 28 heavy (non-hydrogen) atoms. The number of nitrogens with zero attached hydrogens (tertiary/aromatic N) is 6. The maximum Gasteiger partial charge on any atom is 0.255 e. The van der Waals surface area contributed by atoms with Crippen LogP contribution in [0.25, 0.3) is 28.2 Å². The summed E-state index contributed by atoms with van der Waals surface area (Å²) < 4.78 is 7.22. The fourth-order valence-electron chi connectivity index (χ4n) is 3.41. The molecule has 5 rings (SSSR count). The maximum absolute atomic E-state index is 5.48. The summed E-state index contributed by atoms with van der Waals surface area (Å²) in [6.45, 7) is 6.87. The first-order valence-electron chi connectivity index (χ1n) is 9.37. The molecule has 0 bridgehead atoms. The summed E-state index contributed by atoms with van der Waals surface area (Å²) >= 11 is 0. The molecule has 0 spiro atoms. The molecular formula is C20H21N7O. The number of morpholine rings is 1. The molecule has 1 aliphatic rings. The van der Waals surface area contributed by atoms with Gasteiger partial charge in [-0.25, -0.2) is 4.68 Å². The number of rotatable bonds is 3. The lowest BCUT2D eigenvalue weighted by Crippen LogP contribution is -2.37. The van der Waals surface area contributed by atoms with Gasteiger partial charge in [-0.2, -0.15) is 20.1 Å². The number of aromatic nitrogens is 6. The van der Waals surface area contributed by atoms with E-state index in [4.69, 9.17) is 19.7 Å². The number of hydrogen-bond acceptors (Lipinski definition) is 6. The van der Waals surface area contributed by atoms with E-state index in [-0.39, 0.29) is 0 Å². The Labute approximate surface area is 162 Å². The minimum absolute atomic E-state index is 0.523. The molecule has 8 heteroatoms. The second kappa shape index (κ2) is 6.72. The van der Waals surface area contributed by atoms with Gasteiger partial charge in [-0.15, -0.1) is 0 Å². The molecule has 0 unspecified atom stereocenters. The van der Waals surface area contributed by atoms with Crippen molar-refractivity contribution in [2.24, 2.45) is 0 Å². The zero-order valence-electron chi connectivity index (χ0n) is 15.9. The van der Waals surface area contributed by atoms with Crippen molar-refractivity contribution in [3.8, 4) is 17.3 Å². The Hall–Kier alpha value is -3.26. The van der Waals surface area contributed by atoms with Gasteiger partial charge in [0.1, 0.15) is 0 Å². The summed E-state index contributed by atoms with van der Waals surface area (Å²) in [4.78, 5) is 19.7. The molecule has 0 atom stereocenters. The van der Waals surface area contributed by atoms with E-state index in [2.05, 4.69) is 15.0 Å². The Morgan fingerprint density at radius 2 is 1.82 bits per heavy atom. The van der Waals surface area contributed by atoms with Gasteiger partial charge in [-0.05, 0) is 31.5 Å². The molecule has 8 nitrogen and oxygen atoms in total. The summed E-state index contributed by atoms with van der Waals surface area (Å²) in [5, 5.41) is 5.65. The van der Waals surface area contributed by atoms with Gasteiger partial charge >= 0.3 is 0 Å². The van der Waals surface area contributed by atoms with Crippen molar-refractivity contribution >= 4 is 16.9 Å². The van der Waals surface area contributed by atoms with E-state index in [0.717, 1.165) is 40.8 Å². The molecule has 142 valence electrons. The van der Waals surface area contributed by atoms with E-state index in [1.807, 2.05) is 50.5 Å². The number of ether oxygens (including phenoxy) is 1. The minimum Gasteiger partial charge on any atom is -0.378 e. The highest BCUT2D eigenvalue weighted by Crippen LogP contribution is 2.27. The normalized spacial score (nSPS) is 14.7. The second-order valence-electron chi connectivity index (χ2n) is 6.95. The predicted octanol–water partition coefficient (Wildman–Crippen LogP) is 2.66. The van der Waals surface area contributed by atoms with Crippen molar-refractivity contribution in [3.63, 3.8) is 0 Å². The lowest BCUT2D eigenvalue weighted by atomic mass is 10.1. The van der Waals surface area contributed by atoms with Crippen LogP contribution in [0.2, 0.25) is 0 Å². The van der Waals surface area contributed by atoms with E-state index in [9.17, 15) is 0 Å². The van der Waals surface area contributed by atoms with Gasteiger partial charge in [-0.1, -0.05) is 12.1 Å². The zero-order chi connectivity index (χ0) is 19.1. The van der Waals surface area contributed by atoms with Crippen LogP contribution < -0.4 is 4.90 Å². The lowest BCUT2D eigenvalue weighted by Gasteiger charge is -2.27. The van der Waals surface area contributed by atoms with Gasteiger partial charge in [0.25, 0.3) is 5.95 Å². The van der Waals surface area contributed by atoms with Gasteiger partial charge < -0.3 is 14.6 Å². The molecule has 0 amide bonds. The summed E-state index contributed by atoms with van der Waals surface area (Å²) in [6, 6.07) is 8.14. The highest BCUT2D eigenvalue weighted by molar-refractivity contribution is 5.93. The molecule has 4 heterocycles. The molecule has 1 aromatic carbocycles. The Balaban J connectivity index is 1.69. The van der Waals surface area contributed by atoms with Crippen LogP contribution >= 0.6 is 0 Å². The van der Waals surface area contributed by atoms with Crippen LogP contribution in [0.3, 0.4) is 0 Å². The molecule has 1 N–H and O–H groups in total. The summed E-state index contributed by atoms with van der Waals surface area (Å²) in [5.41, 5.74) is 4.08. The molecular weight excluding hydrogens is 354 g/mol. The quantitative estimate of drug-likeness (QED) is 0.593. The van der Waals surface area contributed by atoms with E-state index in [1.165, 1.54) is 0 Å². The zero-order valence-corrected chi connectivity index (χ0v) is 15.9. The number of aryl methyl sites for hydroxylation is 2. The van der Waals surface area contributed by atoms with Crippen LogP contribution in [0.4, 0.5) is 5.95 Å². The largest absolute Gasteiger partial charge is 0.378 e. The number of nitrogens with one attached hydrogen (secondary N) is 1. The van der Waals surface area contributed by atoms with Crippen LogP contribution in [-0.2, 0) is 4.74 Å². The van der Waals surface area contributed by atoms with Gasteiger partial charge in [0.2, 0.25) is 5.95 Å². The molecule has 0 radical (unpaired) electrons. The number of aromatic amines is 1. The Kier molecular flexibility index (Phi) is 4.05. The number of benzene rings is 1. The van der Waals surface area contributed by atoms with E-state index < -0.39 is 0 Å². The Morgan fingerprint density at radius 3 is 2.61 bits per heavy atom.